The van der Waals surface area contributed by atoms with Crippen LogP contribution in [0.15, 0.2) is 120 Å². The Kier molecular flexibility index (Phi) is 5.89. The molecule has 1 amide bonds. The summed E-state index contributed by atoms with van der Waals surface area (Å²) in [6, 6.07) is 36.7. The van der Waals surface area contributed by atoms with Crippen LogP contribution in [-0.2, 0) is 6.61 Å². The van der Waals surface area contributed by atoms with Crippen molar-refractivity contribution in [2.75, 3.05) is 0 Å². The first-order valence-corrected chi connectivity index (χ1v) is 10.9. The van der Waals surface area contributed by atoms with Gasteiger partial charge >= 0.3 is 0 Å². The summed E-state index contributed by atoms with van der Waals surface area (Å²) in [7, 11) is 0. The van der Waals surface area contributed by atoms with Crippen LogP contribution in [0.3, 0.4) is 0 Å². The van der Waals surface area contributed by atoms with Crippen molar-refractivity contribution in [3.8, 4) is 5.75 Å². The number of carbonyl (C=O) groups is 1. The number of nitrogens with one attached hydrogen (secondary N) is 1. The predicted octanol–water partition coefficient (Wildman–Crippen LogP) is 6.53. The van der Waals surface area contributed by atoms with E-state index >= 15 is 0 Å². The molecule has 1 N–H and O–H groups in total. The van der Waals surface area contributed by atoms with E-state index in [1.807, 2.05) is 115 Å². The number of hydrogen-bond donors (Lipinski definition) is 1. The molecule has 5 aromatic rings. The third-order valence-corrected chi connectivity index (χ3v) is 5.57. The molecule has 4 aromatic carbocycles. The number of furan rings is 1. The van der Waals surface area contributed by atoms with Gasteiger partial charge in [-0.05, 0) is 29.3 Å². The third kappa shape index (κ3) is 4.51. The van der Waals surface area contributed by atoms with Crippen LogP contribution in [0.2, 0.25) is 0 Å². The van der Waals surface area contributed by atoms with Crippen molar-refractivity contribution in [3.63, 3.8) is 0 Å². The fraction of sp³-hybridized carbons (Fsp3) is 0.0690. The molecule has 162 valence electrons. The molecule has 0 saturated heterocycles. The highest BCUT2D eigenvalue weighted by atomic mass is 16.5. The standard InChI is InChI=1S/C29H23NO3/c31-29(30-27(21-12-4-1-5-13-21)22-14-6-2-7-15-22)28-25(20-32-23-16-8-3-9-17-23)24-18-10-11-19-26(24)33-28/h1-19,27H,20H2,(H,30,31). The van der Waals surface area contributed by atoms with Crippen molar-refractivity contribution >= 4 is 16.9 Å². The zero-order chi connectivity index (χ0) is 22.5. The van der Waals surface area contributed by atoms with Gasteiger partial charge in [0.1, 0.15) is 17.9 Å². The van der Waals surface area contributed by atoms with Gasteiger partial charge in [0.15, 0.2) is 5.76 Å². The zero-order valence-electron chi connectivity index (χ0n) is 18.0. The third-order valence-electron chi connectivity index (χ3n) is 5.57. The fourth-order valence-corrected chi connectivity index (χ4v) is 3.94. The largest absolute Gasteiger partial charge is 0.489 e. The Morgan fingerprint density at radius 1 is 0.727 bits per heavy atom. The van der Waals surface area contributed by atoms with Gasteiger partial charge in [-0.3, -0.25) is 4.79 Å². The Labute approximate surface area is 192 Å². The monoisotopic (exact) mass is 433 g/mol. The van der Waals surface area contributed by atoms with Crippen LogP contribution in [-0.4, -0.2) is 5.91 Å². The van der Waals surface area contributed by atoms with Gasteiger partial charge in [-0.25, -0.2) is 0 Å². The van der Waals surface area contributed by atoms with Crippen molar-refractivity contribution in [2.24, 2.45) is 0 Å². The molecule has 1 aromatic heterocycles. The van der Waals surface area contributed by atoms with Crippen molar-refractivity contribution in [3.05, 3.63) is 138 Å². The van der Waals surface area contributed by atoms with Crippen LogP contribution < -0.4 is 10.1 Å². The SMILES string of the molecule is O=C(NC(c1ccccc1)c1ccccc1)c1oc2ccccc2c1COc1ccccc1. The fourth-order valence-electron chi connectivity index (χ4n) is 3.94. The summed E-state index contributed by atoms with van der Waals surface area (Å²) in [4.78, 5) is 13.5. The van der Waals surface area contributed by atoms with E-state index in [2.05, 4.69) is 5.32 Å². The summed E-state index contributed by atoms with van der Waals surface area (Å²) >= 11 is 0. The summed E-state index contributed by atoms with van der Waals surface area (Å²) in [5, 5.41) is 4.05. The maximum absolute atomic E-state index is 13.5. The lowest BCUT2D eigenvalue weighted by molar-refractivity contribution is 0.0913. The summed E-state index contributed by atoms with van der Waals surface area (Å²) < 4.78 is 12.0. The van der Waals surface area contributed by atoms with Gasteiger partial charge in [0.25, 0.3) is 5.91 Å². The minimum Gasteiger partial charge on any atom is -0.489 e. The number of rotatable bonds is 7. The van der Waals surface area contributed by atoms with Gasteiger partial charge in [-0.15, -0.1) is 0 Å². The second kappa shape index (κ2) is 9.45. The molecule has 0 radical (unpaired) electrons. The van der Waals surface area contributed by atoms with Gasteiger partial charge in [0.2, 0.25) is 0 Å². The van der Waals surface area contributed by atoms with E-state index in [0.29, 0.717) is 5.58 Å². The van der Waals surface area contributed by atoms with Crippen molar-refractivity contribution in [1.29, 1.82) is 0 Å². The first kappa shape index (κ1) is 20.6. The maximum Gasteiger partial charge on any atom is 0.288 e. The molecule has 1 heterocycles. The Balaban J connectivity index is 1.49. The molecular weight excluding hydrogens is 410 g/mol. The average molecular weight is 434 g/mol. The van der Waals surface area contributed by atoms with Gasteiger partial charge < -0.3 is 14.5 Å². The first-order valence-electron chi connectivity index (χ1n) is 10.9. The lowest BCUT2D eigenvalue weighted by Gasteiger charge is -2.19. The van der Waals surface area contributed by atoms with Crippen LogP contribution >= 0.6 is 0 Å². The Morgan fingerprint density at radius 2 is 1.27 bits per heavy atom. The van der Waals surface area contributed by atoms with Gasteiger partial charge in [-0.1, -0.05) is 97.1 Å². The van der Waals surface area contributed by atoms with Crippen molar-refractivity contribution in [1.82, 2.24) is 5.32 Å². The Hall–Kier alpha value is -4.31. The molecule has 0 atom stereocenters. The van der Waals surface area contributed by atoms with Gasteiger partial charge in [-0.2, -0.15) is 0 Å². The highest BCUT2D eigenvalue weighted by Gasteiger charge is 2.24. The van der Waals surface area contributed by atoms with Gasteiger partial charge in [0.05, 0.1) is 6.04 Å². The van der Waals surface area contributed by atoms with Crippen LogP contribution in [0, 0.1) is 0 Å². The quantitative estimate of drug-likeness (QED) is 0.317. The van der Waals surface area contributed by atoms with E-state index in [-0.39, 0.29) is 24.3 Å². The summed E-state index contributed by atoms with van der Waals surface area (Å²) in [6.07, 6.45) is 0. The van der Waals surface area contributed by atoms with E-state index in [4.69, 9.17) is 9.15 Å². The van der Waals surface area contributed by atoms with Crippen molar-refractivity contribution < 1.29 is 13.9 Å². The van der Waals surface area contributed by atoms with Gasteiger partial charge in [0, 0.05) is 10.9 Å². The minimum atomic E-state index is -0.309. The van der Waals surface area contributed by atoms with Crippen LogP contribution in [0.5, 0.6) is 5.75 Å². The lowest BCUT2D eigenvalue weighted by atomic mass is 9.98. The van der Waals surface area contributed by atoms with Crippen LogP contribution in [0.4, 0.5) is 0 Å². The topological polar surface area (TPSA) is 51.5 Å². The second-order valence-electron chi connectivity index (χ2n) is 7.74. The molecule has 0 unspecified atom stereocenters. The highest BCUT2D eigenvalue weighted by molar-refractivity contribution is 5.99. The van der Waals surface area contributed by atoms with E-state index < -0.39 is 0 Å². The lowest BCUT2D eigenvalue weighted by Crippen LogP contribution is -2.29. The molecule has 33 heavy (non-hydrogen) atoms. The molecule has 4 nitrogen and oxygen atoms in total. The minimum absolute atomic E-state index is 0.227. The number of benzene rings is 4. The van der Waals surface area contributed by atoms with E-state index in [1.54, 1.807) is 0 Å². The van der Waals surface area contributed by atoms with E-state index in [9.17, 15) is 4.79 Å². The van der Waals surface area contributed by atoms with Crippen molar-refractivity contribution in [2.45, 2.75) is 12.6 Å². The number of hydrogen-bond acceptors (Lipinski definition) is 3. The summed E-state index contributed by atoms with van der Waals surface area (Å²) in [6.45, 7) is 0.227. The van der Waals surface area contributed by atoms with E-state index in [0.717, 1.165) is 27.8 Å². The zero-order valence-corrected chi connectivity index (χ0v) is 18.0. The molecule has 5 rings (SSSR count). The summed E-state index contributed by atoms with van der Waals surface area (Å²) in [5.74, 6) is 0.722. The number of fused-ring (bicyclic) bond motifs is 1. The molecule has 0 bridgehead atoms. The maximum atomic E-state index is 13.5. The molecule has 0 fully saturated rings. The molecule has 4 heteroatoms. The normalized spacial score (nSPS) is 10.9. The number of para-hydroxylation sites is 2. The molecular formula is C29H23NO3. The first-order chi connectivity index (χ1) is 16.3. The molecule has 0 saturated carbocycles. The number of ether oxygens (including phenoxy) is 1. The van der Waals surface area contributed by atoms with E-state index in [1.165, 1.54) is 0 Å². The highest BCUT2D eigenvalue weighted by Crippen LogP contribution is 2.29. The van der Waals surface area contributed by atoms with Crippen LogP contribution in [0.1, 0.15) is 33.3 Å². The molecule has 0 aliphatic carbocycles. The molecule has 0 aliphatic heterocycles. The smallest absolute Gasteiger partial charge is 0.288 e. The molecule has 0 spiro atoms. The average Bonchev–Trinajstić information content (AvgIpc) is 3.26. The number of carbonyl (C=O) groups excluding carboxylic acids is 1. The number of amides is 1. The molecule has 0 aliphatic rings. The second-order valence-corrected chi connectivity index (χ2v) is 7.74. The predicted molar refractivity (Wildman–Crippen MR) is 129 cm³/mol. The summed E-state index contributed by atoms with van der Waals surface area (Å²) in [5.41, 5.74) is 3.38. The Morgan fingerprint density at radius 3 is 1.91 bits per heavy atom. The van der Waals surface area contributed by atoms with Crippen LogP contribution in [0.25, 0.3) is 11.0 Å². The Bertz CT molecular complexity index is 1310.